The third kappa shape index (κ3) is 4.36. The zero-order valence-electron chi connectivity index (χ0n) is 11.5. The molecule has 90 valence electrons. The van der Waals surface area contributed by atoms with Crippen LogP contribution in [0.15, 0.2) is 4.99 Å². The van der Waals surface area contributed by atoms with Crippen molar-refractivity contribution in [3.8, 4) is 0 Å². The van der Waals surface area contributed by atoms with Gasteiger partial charge < -0.3 is 4.99 Å². The van der Waals surface area contributed by atoms with Crippen LogP contribution in [0.1, 0.15) is 60.3 Å². The van der Waals surface area contributed by atoms with Crippen molar-refractivity contribution in [3.05, 3.63) is 0 Å². The van der Waals surface area contributed by atoms with Crippen LogP contribution < -0.4 is 0 Å². The van der Waals surface area contributed by atoms with Gasteiger partial charge in [-0.3, -0.25) is 0 Å². The van der Waals surface area contributed by atoms with Crippen LogP contribution in [0.2, 0.25) is 0 Å². The molecular formula is C14H29N. The minimum absolute atomic E-state index is 0.434. The smallest absolute Gasteiger partial charge is 0.0273 e. The first-order valence-electron chi connectivity index (χ1n) is 6.46. The first-order chi connectivity index (χ1) is 7.03. The molecule has 0 fully saturated rings. The second-order valence-electron chi connectivity index (χ2n) is 5.15. The van der Waals surface area contributed by atoms with E-state index in [0.717, 1.165) is 5.92 Å². The first kappa shape index (κ1) is 14.7. The van der Waals surface area contributed by atoms with Gasteiger partial charge in [0, 0.05) is 13.3 Å². The number of nitrogens with zero attached hydrogens (tertiary/aromatic N) is 1. The highest BCUT2D eigenvalue weighted by molar-refractivity contribution is 5.61. The van der Waals surface area contributed by atoms with Crippen molar-refractivity contribution in [2.45, 2.75) is 60.3 Å². The van der Waals surface area contributed by atoms with E-state index in [2.05, 4.69) is 45.8 Å². The van der Waals surface area contributed by atoms with Crippen molar-refractivity contribution in [2.75, 3.05) is 7.05 Å². The molecule has 1 nitrogen and oxygen atoms in total. The monoisotopic (exact) mass is 211 g/mol. The molecule has 0 saturated carbocycles. The molecule has 0 rings (SSSR count). The second-order valence-corrected chi connectivity index (χ2v) is 5.15. The van der Waals surface area contributed by atoms with Crippen molar-refractivity contribution in [3.63, 3.8) is 0 Å². The maximum Gasteiger partial charge on any atom is 0.0273 e. The van der Waals surface area contributed by atoms with Gasteiger partial charge in [-0.2, -0.15) is 0 Å². The zero-order chi connectivity index (χ0) is 11.9. The summed E-state index contributed by atoms with van der Waals surface area (Å²) >= 11 is 0. The highest BCUT2D eigenvalue weighted by atomic mass is 14.6. The van der Waals surface area contributed by atoms with Gasteiger partial charge in [-0.05, 0) is 30.1 Å². The fourth-order valence-corrected chi connectivity index (χ4v) is 2.46. The summed E-state index contributed by atoms with van der Waals surface area (Å²) in [7, 11) is 1.89. The average molecular weight is 211 g/mol. The topological polar surface area (TPSA) is 12.4 Å². The molecule has 0 aliphatic carbocycles. The largest absolute Gasteiger partial charge is 0.301 e. The van der Waals surface area contributed by atoms with Crippen LogP contribution in [0.4, 0.5) is 0 Å². The molecule has 0 aromatic heterocycles. The zero-order valence-corrected chi connectivity index (χ0v) is 11.5. The van der Waals surface area contributed by atoms with Gasteiger partial charge in [0.15, 0.2) is 0 Å². The van der Waals surface area contributed by atoms with E-state index >= 15 is 0 Å². The van der Waals surface area contributed by atoms with Crippen LogP contribution in [0.5, 0.6) is 0 Å². The number of aliphatic imine (C=N–C) groups is 1. The molecular weight excluding hydrogens is 182 g/mol. The van der Waals surface area contributed by atoms with Crippen LogP contribution >= 0.6 is 0 Å². The standard InChI is InChI=1S/C14H29N/c1-7-12(4)10-14(5,9-3)13(8-2)11-15-6/h11-13H,7-10H2,1-6H3/t12?,13?,14-/m1/s1. The van der Waals surface area contributed by atoms with E-state index in [0.29, 0.717) is 11.3 Å². The Kier molecular flexibility index (Phi) is 6.87. The minimum Gasteiger partial charge on any atom is -0.301 e. The Morgan fingerprint density at radius 3 is 2.13 bits per heavy atom. The van der Waals surface area contributed by atoms with Gasteiger partial charge in [0.25, 0.3) is 0 Å². The Morgan fingerprint density at radius 1 is 1.20 bits per heavy atom. The van der Waals surface area contributed by atoms with E-state index in [1.54, 1.807) is 0 Å². The Bertz CT molecular complexity index is 186. The van der Waals surface area contributed by atoms with E-state index in [-0.39, 0.29) is 0 Å². The number of rotatable bonds is 7. The van der Waals surface area contributed by atoms with E-state index in [4.69, 9.17) is 0 Å². The molecule has 1 heteroatoms. The molecule has 0 N–H and O–H groups in total. The second kappa shape index (κ2) is 7.03. The lowest BCUT2D eigenvalue weighted by Crippen LogP contribution is -2.29. The highest BCUT2D eigenvalue weighted by Gasteiger charge is 2.31. The molecule has 3 atom stereocenters. The summed E-state index contributed by atoms with van der Waals surface area (Å²) in [4.78, 5) is 4.23. The Morgan fingerprint density at radius 2 is 1.80 bits per heavy atom. The van der Waals surface area contributed by atoms with Crippen LogP contribution in [0.3, 0.4) is 0 Å². The summed E-state index contributed by atoms with van der Waals surface area (Å²) < 4.78 is 0. The predicted octanol–water partition coefficient (Wildman–Crippen LogP) is 4.57. The van der Waals surface area contributed by atoms with Crippen molar-refractivity contribution < 1.29 is 0 Å². The lowest BCUT2D eigenvalue weighted by atomic mass is 9.69. The average Bonchev–Trinajstić information content (AvgIpc) is 2.25. The molecule has 0 aliphatic heterocycles. The maximum absolute atomic E-state index is 4.23. The quantitative estimate of drug-likeness (QED) is 0.547. The Labute approximate surface area is 96.4 Å². The molecule has 2 unspecified atom stereocenters. The van der Waals surface area contributed by atoms with E-state index < -0.39 is 0 Å². The lowest BCUT2D eigenvalue weighted by molar-refractivity contribution is 0.176. The maximum atomic E-state index is 4.23. The summed E-state index contributed by atoms with van der Waals surface area (Å²) in [6, 6.07) is 0. The third-order valence-corrected chi connectivity index (χ3v) is 3.98. The molecule has 0 bridgehead atoms. The molecule has 0 aromatic rings. The van der Waals surface area contributed by atoms with E-state index in [9.17, 15) is 0 Å². The van der Waals surface area contributed by atoms with Crippen LogP contribution in [0, 0.1) is 17.3 Å². The number of hydrogen-bond donors (Lipinski definition) is 0. The van der Waals surface area contributed by atoms with Gasteiger partial charge >= 0.3 is 0 Å². The van der Waals surface area contributed by atoms with Gasteiger partial charge in [0.1, 0.15) is 0 Å². The first-order valence-corrected chi connectivity index (χ1v) is 6.46. The molecule has 0 radical (unpaired) electrons. The van der Waals surface area contributed by atoms with E-state index in [1.165, 1.54) is 25.7 Å². The molecule has 0 heterocycles. The molecule has 0 amide bonds. The SMILES string of the molecule is CCC(C)C[C@@](C)(CC)C(C=NC)CC. The van der Waals surface area contributed by atoms with Gasteiger partial charge in [-0.15, -0.1) is 0 Å². The molecule has 0 aromatic carbocycles. The normalized spacial score (nSPS) is 20.1. The van der Waals surface area contributed by atoms with Gasteiger partial charge in [0.05, 0.1) is 0 Å². The van der Waals surface area contributed by atoms with Gasteiger partial charge in [-0.1, -0.05) is 47.5 Å². The summed E-state index contributed by atoms with van der Waals surface area (Å²) in [5.41, 5.74) is 0.434. The molecule has 15 heavy (non-hydrogen) atoms. The molecule has 0 saturated heterocycles. The van der Waals surface area contributed by atoms with Crippen LogP contribution in [-0.4, -0.2) is 13.3 Å². The van der Waals surface area contributed by atoms with E-state index in [1.807, 2.05) is 7.05 Å². The number of hydrogen-bond acceptors (Lipinski definition) is 1. The lowest BCUT2D eigenvalue weighted by Gasteiger charge is -2.36. The van der Waals surface area contributed by atoms with Crippen LogP contribution in [0.25, 0.3) is 0 Å². The van der Waals surface area contributed by atoms with Crippen molar-refractivity contribution in [1.29, 1.82) is 0 Å². The summed E-state index contributed by atoms with van der Waals surface area (Å²) in [6.45, 7) is 11.7. The van der Waals surface area contributed by atoms with Gasteiger partial charge in [-0.25, -0.2) is 0 Å². The summed E-state index contributed by atoms with van der Waals surface area (Å²) in [5.74, 6) is 1.47. The summed E-state index contributed by atoms with van der Waals surface area (Å²) in [5, 5.41) is 0. The molecule has 0 spiro atoms. The third-order valence-electron chi connectivity index (χ3n) is 3.98. The van der Waals surface area contributed by atoms with Crippen molar-refractivity contribution >= 4 is 6.21 Å². The fraction of sp³-hybridized carbons (Fsp3) is 0.929. The summed E-state index contributed by atoms with van der Waals surface area (Å²) in [6.07, 6.45) is 7.23. The van der Waals surface area contributed by atoms with Crippen molar-refractivity contribution in [2.24, 2.45) is 22.2 Å². The fourth-order valence-electron chi connectivity index (χ4n) is 2.46. The van der Waals surface area contributed by atoms with Gasteiger partial charge in [0.2, 0.25) is 0 Å². The highest BCUT2D eigenvalue weighted by Crippen LogP contribution is 2.39. The van der Waals surface area contributed by atoms with Crippen molar-refractivity contribution in [1.82, 2.24) is 0 Å². The predicted molar refractivity (Wildman–Crippen MR) is 70.7 cm³/mol. The Hall–Kier alpha value is -0.330. The van der Waals surface area contributed by atoms with Crippen LogP contribution in [-0.2, 0) is 0 Å². The minimum atomic E-state index is 0.434. The Balaban J connectivity index is 4.63. The molecule has 0 aliphatic rings.